The van der Waals surface area contributed by atoms with E-state index in [2.05, 4.69) is 35.1 Å². The number of nitrogens with one attached hydrogen (secondary N) is 1. The van der Waals surface area contributed by atoms with Gasteiger partial charge in [0.05, 0.1) is 10.6 Å². The average molecular weight is 487 g/mol. The molecule has 1 amide bonds. The van der Waals surface area contributed by atoms with Crippen LogP contribution < -0.4 is 9.62 Å². The Morgan fingerprint density at radius 1 is 0.967 bits per heavy atom. The molecule has 5 nitrogen and oxygen atoms in total. The standard InChI is InChI=1S/C23H23BrN2O3S/c1-17(2)18-11-13-21(14-12-18)26(30(28,29)22-9-4-3-5-10-22)16-23(27)25-20-8-6-7-19(24)15-20/h3-15,17H,16H2,1-2H3,(H,25,27). The molecule has 7 heteroatoms. The fourth-order valence-electron chi connectivity index (χ4n) is 2.96. The molecule has 1 N–H and O–H groups in total. The largest absolute Gasteiger partial charge is 0.324 e. The smallest absolute Gasteiger partial charge is 0.264 e. The van der Waals surface area contributed by atoms with E-state index in [1.165, 1.54) is 12.1 Å². The SMILES string of the molecule is CC(C)c1ccc(N(CC(=O)Nc2cccc(Br)c2)S(=O)(=O)c2ccccc2)cc1. The van der Waals surface area contributed by atoms with Crippen LogP contribution in [0.4, 0.5) is 11.4 Å². The molecule has 0 spiro atoms. The van der Waals surface area contributed by atoms with Crippen LogP contribution in [0.25, 0.3) is 0 Å². The zero-order valence-electron chi connectivity index (χ0n) is 16.7. The second-order valence-electron chi connectivity index (χ2n) is 7.13. The van der Waals surface area contributed by atoms with Crippen LogP contribution in [0.2, 0.25) is 0 Å². The van der Waals surface area contributed by atoms with Gasteiger partial charge in [-0.1, -0.05) is 66.2 Å². The third kappa shape index (κ3) is 5.29. The number of hydrogen-bond acceptors (Lipinski definition) is 3. The molecule has 0 aliphatic heterocycles. The van der Waals surface area contributed by atoms with Crippen molar-refractivity contribution in [1.29, 1.82) is 0 Å². The summed E-state index contributed by atoms with van der Waals surface area (Å²) in [6.07, 6.45) is 0. The molecule has 0 atom stereocenters. The lowest BCUT2D eigenvalue weighted by Gasteiger charge is -2.24. The van der Waals surface area contributed by atoms with Crippen molar-refractivity contribution in [1.82, 2.24) is 0 Å². The molecule has 30 heavy (non-hydrogen) atoms. The molecule has 0 radical (unpaired) electrons. The Bertz CT molecular complexity index is 1110. The monoisotopic (exact) mass is 486 g/mol. The Morgan fingerprint density at radius 3 is 2.23 bits per heavy atom. The van der Waals surface area contributed by atoms with Crippen LogP contribution in [0, 0.1) is 0 Å². The van der Waals surface area contributed by atoms with Gasteiger partial charge in [0.2, 0.25) is 5.91 Å². The summed E-state index contributed by atoms with van der Waals surface area (Å²) in [5.41, 5.74) is 2.11. The molecular formula is C23H23BrN2O3S. The van der Waals surface area contributed by atoms with Crippen molar-refractivity contribution in [2.45, 2.75) is 24.7 Å². The third-order valence-corrected chi connectivity index (χ3v) is 6.86. The second-order valence-corrected chi connectivity index (χ2v) is 9.91. The first-order valence-corrected chi connectivity index (χ1v) is 11.7. The van der Waals surface area contributed by atoms with Crippen LogP contribution in [0.5, 0.6) is 0 Å². The van der Waals surface area contributed by atoms with Gasteiger partial charge in [0.25, 0.3) is 10.0 Å². The summed E-state index contributed by atoms with van der Waals surface area (Å²) in [4.78, 5) is 12.9. The molecule has 3 aromatic carbocycles. The zero-order valence-corrected chi connectivity index (χ0v) is 19.2. The summed E-state index contributed by atoms with van der Waals surface area (Å²) in [6.45, 7) is 3.79. The van der Waals surface area contributed by atoms with Gasteiger partial charge in [0, 0.05) is 10.2 Å². The number of rotatable bonds is 7. The number of benzene rings is 3. The number of carbonyl (C=O) groups is 1. The quantitative estimate of drug-likeness (QED) is 0.485. The van der Waals surface area contributed by atoms with Gasteiger partial charge in [0.15, 0.2) is 0 Å². The van der Waals surface area contributed by atoms with Crippen LogP contribution in [-0.2, 0) is 14.8 Å². The van der Waals surface area contributed by atoms with E-state index in [-0.39, 0.29) is 11.4 Å². The lowest BCUT2D eigenvalue weighted by Crippen LogP contribution is -2.38. The summed E-state index contributed by atoms with van der Waals surface area (Å²) in [5.74, 6) is -0.112. The first-order valence-electron chi connectivity index (χ1n) is 9.50. The molecular weight excluding hydrogens is 464 g/mol. The normalized spacial score (nSPS) is 11.3. The zero-order chi connectivity index (χ0) is 21.7. The van der Waals surface area contributed by atoms with Gasteiger partial charge in [-0.25, -0.2) is 8.42 Å². The number of nitrogens with zero attached hydrogens (tertiary/aromatic N) is 1. The van der Waals surface area contributed by atoms with Crippen LogP contribution in [0.15, 0.2) is 88.2 Å². The summed E-state index contributed by atoms with van der Waals surface area (Å²) >= 11 is 3.36. The van der Waals surface area contributed by atoms with Crippen molar-refractivity contribution in [2.75, 3.05) is 16.2 Å². The lowest BCUT2D eigenvalue weighted by atomic mass is 10.0. The van der Waals surface area contributed by atoms with Crippen LogP contribution in [0.1, 0.15) is 25.3 Å². The van der Waals surface area contributed by atoms with Gasteiger partial charge in [-0.2, -0.15) is 0 Å². The maximum atomic E-state index is 13.3. The van der Waals surface area contributed by atoms with E-state index in [1.807, 2.05) is 18.2 Å². The Hall–Kier alpha value is -2.64. The maximum absolute atomic E-state index is 13.3. The highest BCUT2D eigenvalue weighted by Crippen LogP contribution is 2.26. The molecule has 0 saturated carbocycles. The first kappa shape index (κ1) is 22.1. The number of halogens is 1. The van der Waals surface area contributed by atoms with E-state index in [4.69, 9.17) is 0 Å². The van der Waals surface area contributed by atoms with Crippen LogP contribution in [0.3, 0.4) is 0 Å². The Balaban J connectivity index is 1.94. The van der Waals surface area contributed by atoms with Crippen LogP contribution in [-0.4, -0.2) is 20.9 Å². The number of amides is 1. The Morgan fingerprint density at radius 2 is 1.63 bits per heavy atom. The molecule has 0 unspecified atom stereocenters. The van der Waals surface area contributed by atoms with Gasteiger partial charge < -0.3 is 5.32 Å². The van der Waals surface area contributed by atoms with E-state index in [1.54, 1.807) is 48.5 Å². The molecule has 0 saturated heterocycles. The van der Waals surface area contributed by atoms with Gasteiger partial charge in [-0.15, -0.1) is 0 Å². The predicted octanol–water partition coefficient (Wildman–Crippen LogP) is 5.41. The summed E-state index contributed by atoms with van der Waals surface area (Å²) in [6, 6.07) is 22.5. The second kappa shape index (κ2) is 9.45. The summed E-state index contributed by atoms with van der Waals surface area (Å²) in [7, 11) is -3.92. The molecule has 0 aliphatic carbocycles. The van der Waals surface area contributed by atoms with E-state index in [9.17, 15) is 13.2 Å². The van der Waals surface area contributed by atoms with E-state index in [0.29, 0.717) is 17.3 Å². The van der Waals surface area contributed by atoms with Gasteiger partial charge in [0.1, 0.15) is 6.54 Å². The third-order valence-electron chi connectivity index (χ3n) is 4.57. The molecule has 3 rings (SSSR count). The molecule has 3 aromatic rings. The highest BCUT2D eigenvalue weighted by Gasteiger charge is 2.27. The maximum Gasteiger partial charge on any atom is 0.264 e. The molecule has 0 bridgehead atoms. The fourth-order valence-corrected chi connectivity index (χ4v) is 4.80. The summed E-state index contributed by atoms with van der Waals surface area (Å²) < 4.78 is 28.6. The van der Waals surface area contributed by atoms with Crippen molar-refractivity contribution in [3.05, 3.63) is 88.9 Å². The van der Waals surface area contributed by atoms with Crippen molar-refractivity contribution in [2.24, 2.45) is 0 Å². The summed E-state index contributed by atoms with van der Waals surface area (Å²) in [5, 5.41) is 2.76. The number of sulfonamides is 1. The Kier molecular flexibility index (Phi) is 6.95. The fraction of sp³-hybridized carbons (Fsp3) is 0.174. The van der Waals surface area contributed by atoms with E-state index < -0.39 is 15.9 Å². The minimum absolute atomic E-state index is 0.133. The lowest BCUT2D eigenvalue weighted by molar-refractivity contribution is -0.114. The molecule has 0 aliphatic rings. The molecule has 156 valence electrons. The molecule has 0 heterocycles. The number of hydrogen-bond donors (Lipinski definition) is 1. The molecule has 0 fully saturated rings. The number of carbonyl (C=O) groups excluding carboxylic acids is 1. The van der Waals surface area contributed by atoms with Gasteiger partial charge >= 0.3 is 0 Å². The van der Waals surface area contributed by atoms with Crippen molar-refractivity contribution in [3.63, 3.8) is 0 Å². The average Bonchev–Trinajstić information content (AvgIpc) is 2.72. The highest BCUT2D eigenvalue weighted by atomic mass is 79.9. The Labute approximate surface area is 185 Å². The van der Waals surface area contributed by atoms with Crippen molar-refractivity contribution < 1.29 is 13.2 Å². The molecule has 0 aromatic heterocycles. The van der Waals surface area contributed by atoms with Crippen molar-refractivity contribution in [3.8, 4) is 0 Å². The predicted molar refractivity (Wildman–Crippen MR) is 124 cm³/mol. The van der Waals surface area contributed by atoms with E-state index in [0.717, 1.165) is 14.3 Å². The number of anilines is 2. The highest BCUT2D eigenvalue weighted by molar-refractivity contribution is 9.10. The minimum atomic E-state index is -3.92. The van der Waals surface area contributed by atoms with Gasteiger partial charge in [-0.3, -0.25) is 9.10 Å². The van der Waals surface area contributed by atoms with Crippen molar-refractivity contribution >= 4 is 43.2 Å². The topological polar surface area (TPSA) is 66.5 Å². The van der Waals surface area contributed by atoms with Gasteiger partial charge in [-0.05, 0) is 53.9 Å². The first-order chi connectivity index (χ1) is 14.3. The van der Waals surface area contributed by atoms with E-state index >= 15 is 0 Å². The van der Waals surface area contributed by atoms with Crippen LogP contribution >= 0.6 is 15.9 Å². The minimum Gasteiger partial charge on any atom is -0.324 e.